The molecule has 0 aliphatic heterocycles. The van der Waals surface area contributed by atoms with Crippen molar-refractivity contribution < 1.29 is 14.8 Å². The number of hydrogen-bond acceptors (Lipinski definition) is 4. The zero-order chi connectivity index (χ0) is 18.0. The lowest BCUT2D eigenvalue weighted by molar-refractivity contribution is -0.534. The smallest absolute Gasteiger partial charge is 0.221 e. The van der Waals surface area contributed by atoms with E-state index in [4.69, 9.17) is 0 Å². The van der Waals surface area contributed by atoms with Gasteiger partial charge in [0.1, 0.15) is 0 Å². The van der Waals surface area contributed by atoms with Crippen molar-refractivity contribution >= 4 is 5.78 Å². The van der Waals surface area contributed by atoms with Gasteiger partial charge in [0.05, 0.1) is 17.9 Å². The van der Waals surface area contributed by atoms with Crippen molar-refractivity contribution in [3.63, 3.8) is 0 Å². The summed E-state index contributed by atoms with van der Waals surface area (Å²) in [7, 11) is 0. The summed E-state index contributed by atoms with van der Waals surface area (Å²) < 4.78 is 0. The Morgan fingerprint density at radius 2 is 1.64 bits per heavy atom. The van der Waals surface area contributed by atoms with Crippen LogP contribution in [0.15, 0.2) is 60.7 Å². The first kappa shape index (κ1) is 17.3. The van der Waals surface area contributed by atoms with Crippen molar-refractivity contribution in [2.45, 2.75) is 31.4 Å². The van der Waals surface area contributed by atoms with Crippen LogP contribution in [-0.2, 0) is 0 Å². The maximum Gasteiger partial charge on any atom is 0.221 e. The molecule has 5 atom stereocenters. The monoisotopic (exact) mass is 339 g/mol. The summed E-state index contributed by atoms with van der Waals surface area (Å²) in [5, 5.41) is 22.5. The van der Waals surface area contributed by atoms with Gasteiger partial charge >= 0.3 is 0 Å². The van der Waals surface area contributed by atoms with E-state index in [0.717, 1.165) is 5.56 Å². The molecule has 0 bridgehead atoms. The first-order chi connectivity index (χ1) is 12.0. The van der Waals surface area contributed by atoms with Crippen LogP contribution in [0.2, 0.25) is 0 Å². The number of nitrogens with zero attached hydrogens (tertiary/aromatic N) is 1. The van der Waals surface area contributed by atoms with Crippen LogP contribution < -0.4 is 0 Å². The average molecular weight is 339 g/mol. The zero-order valence-electron chi connectivity index (χ0n) is 14.0. The lowest BCUT2D eigenvalue weighted by Gasteiger charge is -2.40. The molecule has 1 aliphatic carbocycles. The molecular weight excluding hydrogens is 318 g/mol. The van der Waals surface area contributed by atoms with Crippen molar-refractivity contribution in [2.24, 2.45) is 11.8 Å². The molecule has 5 heteroatoms. The number of nitro groups is 1. The van der Waals surface area contributed by atoms with Gasteiger partial charge in [-0.2, -0.15) is 0 Å². The Hall–Kier alpha value is -2.53. The highest BCUT2D eigenvalue weighted by Gasteiger charge is 2.51. The average Bonchev–Trinajstić information content (AvgIpc) is 2.64. The summed E-state index contributed by atoms with van der Waals surface area (Å²) in [4.78, 5) is 24.5. The molecule has 2 aromatic carbocycles. The van der Waals surface area contributed by atoms with Gasteiger partial charge in [0.15, 0.2) is 5.78 Å². The van der Waals surface area contributed by atoms with Gasteiger partial charge in [-0.3, -0.25) is 14.9 Å². The summed E-state index contributed by atoms with van der Waals surface area (Å²) in [5.41, 5.74) is 1.20. The molecule has 25 heavy (non-hydrogen) atoms. The Labute approximate surface area is 146 Å². The van der Waals surface area contributed by atoms with Crippen LogP contribution in [0.5, 0.6) is 0 Å². The first-order valence-electron chi connectivity index (χ1n) is 8.46. The van der Waals surface area contributed by atoms with Crippen molar-refractivity contribution in [2.75, 3.05) is 0 Å². The van der Waals surface area contributed by atoms with E-state index in [1.54, 1.807) is 55.5 Å². The molecule has 0 heterocycles. The maximum absolute atomic E-state index is 13.1. The predicted octanol–water partition coefficient (Wildman–Crippen LogP) is 3.32. The first-order valence-corrected chi connectivity index (χ1v) is 8.46. The molecule has 130 valence electrons. The number of hydrogen-bond donors (Lipinski definition) is 1. The van der Waals surface area contributed by atoms with E-state index >= 15 is 0 Å². The van der Waals surface area contributed by atoms with Crippen LogP contribution in [0.1, 0.15) is 35.2 Å². The van der Waals surface area contributed by atoms with Crippen LogP contribution in [0.3, 0.4) is 0 Å². The molecule has 2 aromatic rings. The fraction of sp³-hybridized carbons (Fsp3) is 0.350. The predicted molar refractivity (Wildman–Crippen MR) is 94.0 cm³/mol. The minimum Gasteiger partial charge on any atom is -0.392 e. The molecule has 0 unspecified atom stereocenters. The van der Waals surface area contributed by atoms with Gasteiger partial charge in [-0.25, -0.2) is 0 Å². The van der Waals surface area contributed by atoms with Crippen LogP contribution in [-0.4, -0.2) is 28.0 Å². The molecule has 0 radical (unpaired) electrons. The molecule has 0 amide bonds. The Kier molecular flexibility index (Phi) is 4.95. The van der Waals surface area contributed by atoms with Gasteiger partial charge in [0.2, 0.25) is 6.04 Å². The van der Waals surface area contributed by atoms with Gasteiger partial charge in [-0.1, -0.05) is 67.6 Å². The highest BCUT2D eigenvalue weighted by molar-refractivity contribution is 5.99. The summed E-state index contributed by atoms with van der Waals surface area (Å²) in [6.45, 7) is 1.77. The molecule has 1 fully saturated rings. The summed E-state index contributed by atoms with van der Waals surface area (Å²) in [6.07, 6.45) is -0.652. The summed E-state index contributed by atoms with van der Waals surface area (Å²) in [6, 6.07) is 16.9. The second-order valence-corrected chi connectivity index (χ2v) is 6.75. The number of aliphatic hydroxyl groups excluding tert-OH is 1. The Morgan fingerprint density at radius 1 is 1.08 bits per heavy atom. The fourth-order valence-corrected chi connectivity index (χ4v) is 3.91. The van der Waals surface area contributed by atoms with E-state index in [9.17, 15) is 20.0 Å². The highest BCUT2D eigenvalue weighted by atomic mass is 16.6. The van der Waals surface area contributed by atoms with Gasteiger partial charge in [0, 0.05) is 16.9 Å². The van der Waals surface area contributed by atoms with Crippen LogP contribution in [0.4, 0.5) is 0 Å². The van der Waals surface area contributed by atoms with Gasteiger partial charge in [-0.05, 0) is 11.5 Å². The Balaban J connectivity index is 2.09. The number of benzene rings is 2. The van der Waals surface area contributed by atoms with E-state index in [1.807, 2.05) is 12.1 Å². The van der Waals surface area contributed by atoms with Crippen LogP contribution >= 0.6 is 0 Å². The third-order valence-corrected chi connectivity index (χ3v) is 5.18. The van der Waals surface area contributed by atoms with Gasteiger partial charge in [-0.15, -0.1) is 0 Å². The van der Waals surface area contributed by atoms with Crippen molar-refractivity contribution in [1.82, 2.24) is 0 Å². The Morgan fingerprint density at radius 3 is 2.20 bits per heavy atom. The second-order valence-electron chi connectivity index (χ2n) is 6.75. The topological polar surface area (TPSA) is 80.4 Å². The molecule has 3 rings (SSSR count). The molecule has 0 aromatic heterocycles. The third-order valence-electron chi connectivity index (χ3n) is 5.18. The number of ketones is 1. The number of aliphatic hydroxyl groups is 1. The van der Waals surface area contributed by atoms with Crippen molar-refractivity contribution in [3.8, 4) is 0 Å². The van der Waals surface area contributed by atoms with E-state index in [2.05, 4.69) is 0 Å². The maximum atomic E-state index is 13.1. The van der Waals surface area contributed by atoms with Crippen molar-refractivity contribution in [3.05, 3.63) is 81.9 Å². The largest absolute Gasteiger partial charge is 0.392 e. The molecule has 1 aliphatic rings. The lowest BCUT2D eigenvalue weighted by Crippen LogP contribution is -2.50. The van der Waals surface area contributed by atoms with Gasteiger partial charge < -0.3 is 5.11 Å². The lowest BCUT2D eigenvalue weighted by atomic mass is 9.65. The van der Waals surface area contributed by atoms with E-state index in [1.165, 1.54) is 0 Å². The van der Waals surface area contributed by atoms with Crippen LogP contribution in [0.25, 0.3) is 0 Å². The van der Waals surface area contributed by atoms with E-state index < -0.39 is 24.0 Å². The summed E-state index contributed by atoms with van der Waals surface area (Å²) >= 11 is 0. The van der Waals surface area contributed by atoms with Gasteiger partial charge in [0.25, 0.3) is 0 Å². The SMILES string of the molecule is C[C@H]1C[C@H]([N+](=O)[O-])[C@H](c2ccccc2)[C@@H](C(=O)c2ccccc2)[C@H]1O. The molecule has 0 saturated heterocycles. The second kappa shape index (κ2) is 7.15. The number of carbonyl (C=O) groups excluding carboxylic acids is 1. The third kappa shape index (κ3) is 3.33. The molecule has 1 N–H and O–H groups in total. The number of Topliss-reactive ketones (excluding diaryl/α,β-unsaturated/α-hetero) is 1. The zero-order valence-corrected chi connectivity index (χ0v) is 14.0. The number of rotatable bonds is 4. The fourth-order valence-electron chi connectivity index (χ4n) is 3.91. The molecule has 1 saturated carbocycles. The quantitative estimate of drug-likeness (QED) is 0.526. The minimum atomic E-state index is -0.908. The Bertz CT molecular complexity index is 747. The highest BCUT2D eigenvalue weighted by Crippen LogP contribution is 2.43. The minimum absolute atomic E-state index is 0.236. The molecule has 0 spiro atoms. The van der Waals surface area contributed by atoms with E-state index in [0.29, 0.717) is 5.56 Å². The normalized spacial score (nSPS) is 29.1. The standard InChI is InChI=1S/C20H21NO4/c1-13-12-16(21(24)25)17(14-8-4-2-5-9-14)18(19(13)22)20(23)15-10-6-3-7-11-15/h2-11,13,16-19,22H,12H2,1H3/t13-,16-,17-,18+,19-/m0/s1. The summed E-state index contributed by atoms with van der Waals surface area (Å²) in [5.74, 6) is -2.02. The van der Waals surface area contributed by atoms with Crippen molar-refractivity contribution in [1.29, 1.82) is 0 Å². The van der Waals surface area contributed by atoms with Crippen LogP contribution in [0, 0.1) is 22.0 Å². The molecule has 5 nitrogen and oxygen atoms in total. The number of carbonyl (C=O) groups is 1. The molecular formula is C20H21NO4. The van der Waals surface area contributed by atoms with E-state index in [-0.39, 0.29) is 23.0 Å².